The Labute approximate surface area is 134 Å². The van der Waals surface area contributed by atoms with Crippen LogP contribution in [0.1, 0.15) is 11.4 Å². The zero-order valence-electron chi connectivity index (χ0n) is 12.3. The fourth-order valence-corrected chi connectivity index (χ4v) is 2.59. The third-order valence-corrected chi connectivity index (χ3v) is 3.74. The summed E-state index contributed by atoms with van der Waals surface area (Å²) >= 11 is 0. The number of benzene rings is 1. The number of nitrogens with zero attached hydrogens (tertiary/aromatic N) is 9. The van der Waals surface area contributed by atoms with Gasteiger partial charge in [0.05, 0.1) is 17.3 Å². The number of rotatable bonds is 3. The minimum absolute atomic E-state index is 0.622. The Morgan fingerprint density at radius 3 is 2.83 bits per heavy atom. The van der Waals surface area contributed by atoms with E-state index in [0.717, 1.165) is 28.1 Å². The van der Waals surface area contributed by atoms with Crippen LogP contribution in [0.2, 0.25) is 0 Å². The van der Waals surface area contributed by atoms with Crippen molar-refractivity contribution in [1.82, 2.24) is 50.0 Å². The highest BCUT2D eigenvalue weighted by molar-refractivity contribution is 5.87. The van der Waals surface area contributed by atoms with Gasteiger partial charge in [0.25, 0.3) is 0 Å². The predicted molar refractivity (Wildman–Crippen MR) is 82.4 cm³/mol. The van der Waals surface area contributed by atoms with E-state index < -0.39 is 0 Å². The van der Waals surface area contributed by atoms with Crippen LogP contribution in [0.15, 0.2) is 43.1 Å². The molecule has 4 aromatic heterocycles. The summed E-state index contributed by atoms with van der Waals surface area (Å²) in [5.74, 6) is 0.723. The van der Waals surface area contributed by atoms with Gasteiger partial charge in [0.15, 0.2) is 17.1 Å². The largest absolute Gasteiger partial charge is 0.261 e. The SMILES string of the molecule is c1cc(-n2cnnn2)ccc1Cc1nc2c3cn[nH]c3ncn2n1. The van der Waals surface area contributed by atoms with Gasteiger partial charge in [-0.2, -0.15) is 5.10 Å². The summed E-state index contributed by atoms with van der Waals surface area (Å²) in [5, 5.41) is 23.3. The van der Waals surface area contributed by atoms with Crippen LogP contribution < -0.4 is 0 Å². The molecule has 0 atom stereocenters. The summed E-state index contributed by atoms with van der Waals surface area (Å²) in [6.45, 7) is 0. The third-order valence-electron chi connectivity index (χ3n) is 3.74. The number of tetrazole rings is 1. The van der Waals surface area contributed by atoms with Gasteiger partial charge in [0.2, 0.25) is 0 Å². The first kappa shape index (κ1) is 12.8. The Kier molecular flexibility index (Phi) is 2.62. The molecule has 116 valence electrons. The van der Waals surface area contributed by atoms with Crippen molar-refractivity contribution in [1.29, 1.82) is 0 Å². The van der Waals surface area contributed by atoms with E-state index in [1.807, 2.05) is 24.3 Å². The van der Waals surface area contributed by atoms with Gasteiger partial charge >= 0.3 is 0 Å². The van der Waals surface area contributed by atoms with E-state index in [2.05, 4.69) is 40.8 Å². The fraction of sp³-hybridized carbons (Fsp3) is 0.0714. The summed E-state index contributed by atoms with van der Waals surface area (Å²) in [4.78, 5) is 8.85. The average molecular weight is 318 g/mol. The van der Waals surface area contributed by atoms with Gasteiger partial charge in [-0.1, -0.05) is 12.1 Å². The summed E-state index contributed by atoms with van der Waals surface area (Å²) in [6, 6.07) is 7.93. The van der Waals surface area contributed by atoms with Gasteiger partial charge in [0.1, 0.15) is 12.7 Å². The summed E-state index contributed by atoms with van der Waals surface area (Å²) < 4.78 is 3.27. The standard InChI is InChI=1S/C14H10N10/c1-3-10(23-8-17-21-22-23)4-2-9(1)5-12-18-14-11-6-16-19-13(11)15-7-24(14)20-12/h1-4,6-8H,5H2,(H,16,19). The third kappa shape index (κ3) is 2.00. The second-order valence-electron chi connectivity index (χ2n) is 5.27. The van der Waals surface area contributed by atoms with Crippen LogP contribution in [-0.2, 0) is 6.42 Å². The van der Waals surface area contributed by atoms with Crippen molar-refractivity contribution >= 4 is 16.7 Å². The number of fused-ring (bicyclic) bond motifs is 3. The molecule has 10 nitrogen and oxygen atoms in total. The Morgan fingerprint density at radius 2 is 2.00 bits per heavy atom. The van der Waals surface area contributed by atoms with Gasteiger partial charge in [-0.05, 0) is 28.1 Å². The molecule has 4 heterocycles. The number of hydrogen-bond acceptors (Lipinski definition) is 7. The smallest absolute Gasteiger partial charge is 0.170 e. The molecule has 0 aliphatic rings. The predicted octanol–water partition coefficient (Wildman–Crippen LogP) is 0.567. The number of aromatic amines is 1. The summed E-state index contributed by atoms with van der Waals surface area (Å²) in [5.41, 5.74) is 3.44. The molecule has 0 unspecified atom stereocenters. The second-order valence-corrected chi connectivity index (χ2v) is 5.27. The highest BCUT2D eigenvalue weighted by Gasteiger charge is 2.10. The first-order valence-electron chi connectivity index (χ1n) is 7.22. The molecule has 10 heteroatoms. The Hall–Kier alpha value is -3.69. The minimum atomic E-state index is 0.622. The van der Waals surface area contributed by atoms with Crippen molar-refractivity contribution in [3.63, 3.8) is 0 Å². The molecule has 0 aliphatic heterocycles. The molecule has 1 N–H and O–H groups in total. The number of hydrogen-bond donors (Lipinski definition) is 1. The lowest BCUT2D eigenvalue weighted by atomic mass is 10.1. The zero-order chi connectivity index (χ0) is 15.9. The molecule has 0 amide bonds. The number of nitrogens with one attached hydrogen (secondary N) is 1. The van der Waals surface area contributed by atoms with Crippen LogP contribution in [0.25, 0.3) is 22.4 Å². The second kappa shape index (κ2) is 4.91. The molecule has 0 saturated heterocycles. The van der Waals surface area contributed by atoms with Crippen LogP contribution >= 0.6 is 0 Å². The zero-order valence-corrected chi connectivity index (χ0v) is 12.3. The van der Waals surface area contributed by atoms with Gasteiger partial charge in [-0.25, -0.2) is 19.2 Å². The molecule has 1 aromatic carbocycles. The highest BCUT2D eigenvalue weighted by atomic mass is 15.5. The monoisotopic (exact) mass is 318 g/mol. The first-order chi connectivity index (χ1) is 11.9. The lowest BCUT2D eigenvalue weighted by Crippen LogP contribution is -1.96. The Balaban J connectivity index is 1.47. The molecule has 0 aliphatic carbocycles. The molecule has 0 spiro atoms. The van der Waals surface area contributed by atoms with Crippen LogP contribution in [0.5, 0.6) is 0 Å². The maximum absolute atomic E-state index is 4.59. The lowest BCUT2D eigenvalue weighted by molar-refractivity contribution is 0.788. The van der Waals surface area contributed by atoms with Crippen molar-refractivity contribution in [3.8, 4) is 5.69 Å². The van der Waals surface area contributed by atoms with Gasteiger partial charge in [-0.15, -0.1) is 10.2 Å². The molecule has 0 bridgehead atoms. The topological polar surface area (TPSA) is 115 Å². The maximum atomic E-state index is 4.59. The van der Waals surface area contributed by atoms with E-state index in [1.54, 1.807) is 28.0 Å². The highest BCUT2D eigenvalue weighted by Crippen LogP contribution is 2.15. The van der Waals surface area contributed by atoms with Crippen LogP contribution in [0.3, 0.4) is 0 Å². The van der Waals surface area contributed by atoms with Gasteiger partial charge in [-0.3, -0.25) is 5.10 Å². The first-order valence-corrected chi connectivity index (χ1v) is 7.22. The van der Waals surface area contributed by atoms with E-state index in [-0.39, 0.29) is 0 Å². The van der Waals surface area contributed by atoms with Gasteiger partial charge < -0.3 is 0 Å². The molecule has 0 radical (unpaired) electrons. The summed E-state index contributed by atoms with van der Waals surface area (Å²) in [6.07, 6.45) is 5.52. The molecule has 24 heavy (non-hydrogen) atoms. The van der Waals surface area contributed by atoms with Gasteiger partial charge in [0, 0.05) is 6.42 Å². The van der Waals surface area contributed by atoms with Crippen molar-refractivity contribution in [2.45, 2.75) is 6.42 Å². The minimum Gasteiger partial charge on any atom is -0.261 e. The normalized spacial score (nSPS) is 11.5. The van der Waals surface area contributed by atoms with Crippen molar-refractivity contribution in [3.05, 3.63) is 54.5 Å². The average Bonchev–Trinajstić information content (AvgIpc) is 3.34. The molecule has 5 aromatic rings. The Bertz CT molecular complexity index is 1120. The molecule has 5 rings (SSSR count). The maximum Gasteiger partial charge on any atom is 0.170 e. The van der Waals surface area contributed by atoms with E-state index in [4.69, 9.17) is 0 Å². The van der Waals surface area contributed by atoms with Crippen molar-refractivity contribution in [2.24, 2.45) is 0 Å². The van der Waals surface area contributed by atoms with Crippen LogP contribution in [0, 0.1) is 0 Å². The lowest BCUT2D eigenvalue weighted by Gasteiger charge is -2.01. The number of H-pyrrole nitrogens is 1. The molecule has 0 saturated carbocycles. The quantitative estimate of drug-likeness (QED) is 0.517. The van der Waals surface area contributed by atoms with E-state index >= 15 is 0 Å². The van der Waals surface area contributed by atoms with E-state index in [1.165, 1.54) is 0 Å². The summed E-state index contributed by atoms with van der Waals surface area (Å²) in [7, 11) is 0. The van der Waals surface area contributed by atoms with Crippen LogP contribution in [-0.4, -0.2) is 50.0 Å². The fourth-order valence-electron chi connectivity index (χ4n) is 2.59. The van der Waals surface area contributed by atoms with Crippen LogP contribution in [0.4, 0.5) is 0 Å². The van der Waals surface area contributed by atoms with Crippen molar-refractivity contribution < 1.29 is 0 Å². The molecular weight excluding hydrogens is 308 g/mol. The number of aromatic nitrogens is 10. The van der Waals surface area contributed by atoms with E-state index in [9.17, 15) is 0 Å². The van der Waals surface area contributed by atoms with Crippen molar-refractivity contribution in [2.75, 3.05) is 0 Å². The van der Waals surface area contributed by atoms with E-state index in [0.29, 0.717) is 12.1 Å². The Morgan fingerprint density at radius 1 is 1.08 bits per heavy atom. The molecular formula is C14H10N10. The molecule has 0 fully saturated rings.